The fraction of sp³-hybridized carbons (Fsp3) is 0.556. The van der Waals surface area contributed by atoms with Gasteiger partial charge in [0.1, 0.15) is 11.9 Å². The average Bonchev–Trinajstić information content (AvgIpc) is 2.96. The van der Waals surface area contributed by atoms with Crippen LogP contribution in [-0.4, -0.2) is 58.4 Å². The molecule has 2 fully saturated rings. The van der Waals surface area contributed by atoms with Gasteiger partial charge in [-0.3, -0.25) is 9.59 Å². The summed E-state index contributed by atoms with van der Waals surface area (Å²) in [6.45, 7) is 3.75. The van der Waals surface area contributed by atoms with Crippen LogP contribution >= 0.6 is 11.8 Å². The van der Waals surface area contributed by atoms with Crippen molar-refractivity contribution in [3.8, 4) is 0 Å². The van der Waals surface area contributed by atoms with E-state index in [0.717, 1.165) is 31.5 Å². The molecular formula is C18H24FN3O2S. The molecule has 3 rings (SSSR count). The molecule has 0 bridgehead atoms. The van der Waals surface area contributed by atoms with Crippen LogP contribution in [0.3, 0.4) is 0 Å². The number of benzene rings is 1. The number of likely N-dealkylation sites (tertiary alicyclic amines) is 1. The summed E-state index contributed by atoms with van der Waals surface area (Å²) in [7, 11) is 2.08. The Kier molecular flexibility index (Phi) is 5.34. The molecule has 1 N–H and O–H groups in total. The molecule has 1 unspecified atom stereocenters. The third kappa shape index (κ3) is 3.82. The number of carbonyl (C=O) groups excluding carboxylic acids is 2. The highest BCUT2D eigenvalue weighted by Gasteiger charge is 2.51. The maximum absolute atomic E-state index is 13.0. The van der Waals surface area contributed by atoms with Gasteiger partial charge < -0.3 is 15.1 Å². The van der Waals surface area contributed by atoms with Crippen LogP contribution in [0.25, 0.3) is 0 Å². The molecule has 0 aromatic heterocycles. The molecule has 2 aliphatic heterocycles. The summed E-state index contributed by atoms with van der Waals surface area (Å²) in [4.78, 5) is 28.8. The average molecular weight is 365 g/mol. The number of piperidine rings is 1. The zero-order valence-electron chi connectivity index (χ0n) is 14.6. The van der Waals surface area contributed by atoms with E-state index in [9.17, 15) is 14.0 Å². The van der Waals surface area contributed by atoms with Crippen LogP contribution in [0.15, 0.2) is 24.3 Å². The number of thioether (sulfide) groups is 1. The van der Waals surface area contributed by atoms with Gasteiger partial charge in [0, 0.05) is 32.3 Å². The van der Waals surface area contributed by atoms with Gasteiger partial charge >= 0.3 is 0 Å². The molecule has 1 aromatic carbocycles. The molecule has 5 nitrogen and oxygen atoms in total. The lowest BCUT2D eigenvalue weighted by Crippen LogP contribution is -2.57. The van der Waals surface area contributed by atoms with Crippen LogP contribution in [0, 0.1) is 5.82 Å². The summed E-state index contributed by atoms with van der Waals surface area (Å²) >= 11 is 1.73. The van der Waals surface area contributed by atoms with Crippen molar-refractivity contribution in [1.29, 1.82) is 0 Å². The van der Waals surface area contributed by atoms with Crippen molar-refractivity contribution < 1.29 is 14.0 Å². The van der Waals surface area contributed by atoms with E-state index < -0.39 is 6.04 Å². The predicted octanol–water partition coefficient (Wildman–Crippen LogP) is 1.83. The smallest absolute Gasteiger partial charge is 0.243 e. The van der Waals surface area contributed by atoms with Gasteiger partial charge in [0.15, 0.2) is 0 Å². The first-order chi connectivity index (χ1) is 11.9. The van der Waals surface area contributed by atoms with E-state index in [0.29, 0.717) is 12.3 Å². The number of nitrogens with one attached hydrogen (secondary N) is 1. The van der Waals surface area contributed by atoms with Gasteiger partial charge in [-0.1, -0.05) is 12.1 Å². The Labute approximate surface area is 151 Å². The second-order valence-corrected chi connectivity index (χ2v) is 8.19. The number of nitrogens with zero attached hydrogens (tertiary/aromatic N) is 2. The third-order valence-electron chi connectivity index (χ3n) is 5.05. The maximum atomic E-state index is 13.0. The Bertz CT molecular complexity index is 644. The molecule has 136 valence electrons. The Balaban J connectivity index is 1.67. The second-order valence-electron chi connectivity index (χ2n) is 6.81. The number of hydrogen-bond donors (Lipinski definition) is 1. The summed E-state index contributed by atoms with van der Waals surface area (Å²) in [5.74, 6) is 0.145. The molecule has 2 heterocycles. The number of rotatable bonds is 3. The van der Waals surface area contributed by atoms with Crippen LogP contribution in [0.5, 0.6) is 0 Å². The van der Waals surface area contributed by atoms with Gasteiger partial charge in [-0.15, -0.1) is 11.8 Å². The van der Waals surface area contributed by atoms with E-state index in [1.54, 1.807) is 35.7 Å². The van der Waals surface area contributed by atoms with Crippen molar-refractivity contribution in [2.24, 2.45) is 0 Å². The minimum atomic E-state index is -0.439. The van der Waals surface area contributed by atoms with Crippen molar-refractivity contribution in [3.63, 3.8) is 0 Å². The fourth-order valence-electron chi connectivity index (χ4n) is 3.62. The van der Waals surface area contributed by atoms with E-state index in [1.165, 1.54) is 12.1 Å². The standard InChI is InChI=1S/C18H24FN3O2S/c1-13(23)22-16(12-25-18(22)7-9-21(2)10-8-18)17(24)20-11-14-3-5-15(19)6-4-14/h3-6,16H,7-12H2,1-2H3,(H,20,24). The molecule has 2 saturated heterocycles. The zero-order chi connectivity index (χ0) is 18.0. The maximum Gasteiger partial charge on any atom is 0.243 e. The highest BCUT2D eigenvalue weighted by atomic mass is 32.2. The largest absolute Gasteiger partial charge is 0.350 e. The summed E-state index contributed by atoms with van der Waals surface area (Å²) < 4.78 is 13.0. The van der Waals surface area contributed by atoms with Crippen LogP contribution < -0.4 is 5.32 Å². The fourth-order valence-corrected chi connectivity index (χ4v) is 5.26. The van der Waals surface area contributed by atoms with Gasteiger partial charge in [-0.2, -0.15) is 0 Å². The molecule has 1 atom stereocenters. The lowest BCUT2D eigenvalue weighted by molar-refractivity contribution is -0.142. The Morgan fingerprint density at radius 2 is 1.92 bits per heavy atom. The monoisotopic (exact) mass is 365 g/mol. The minimum Gasteiger partial charge on any atom is -0.350 e. The molecule has 7 heteroatoms. The number of carbonyl (C=O) groups is 2. The van der Waals surface area contributed by atoms with E-state index in [4.69, 9.17) is 0 Å². The van der Waals surface area contributed by atoms with E-state index in [2.05, 4.69) is 17.3 Å². The Morgan fingerprint density at radius 1 is 1.28 bits per heavy atom. The molecule has 2 aliphatic rings. The highest BCUT2D eigenvalue weighted by molar-refractivity contribution is 8.01. The predicted molar refractivity (Wildman–Crippen MR) is 96.5 cm³/mol. The molecule has 0 radical (unpaired) electrons. The summed E-state index contributed by atoms with van der Waals surface area (Å²) in [6.07, 6.45) is 1.77. The lowest BCUT2D eigenvalue weighted by atomic mass is 10.0. The van der Waals surface area contributed by atoms with Gasteiger partial charge in [-0.25, -0.2) is 4.39 Å². The van der Waals surface area contributed by atoms with Crippen LogP contribution in [-0.2, 0) is 16.1 Å². The summed E-state index contributed by atoms with van der Waals surface area (Å²) in [5.41, 5.74) is 0.837. The van der Waals surface area contributed by atoms with Gasteiger partial charge in [0.05, 0.1) is 4.87 Å². The minimum absolute atomic E-state index is 0.0449. The highest BCUT2D eigenvalue weighted by Crippen LogP contribution is 2.46. The first-order valence-electron chi connectivity index (χ1n) is 8.56. The van der Waals surface area contributed by atoms with Crippen LogP contribution in [0.1, 0.15) is 25.3 Å². The lowest BCUT2D eigenvalue weighted by Gasteiger charge is -2.44. The van der Waals surface area contributed by atoms with Gasteiger partial charge in [-0.05, 0) is 37.6 Å². The number of amides is 2. The Morgan fingerprint density at radius 3 is 2.52 bits per heavy atom. The second kappa shape index (κ2) is 7.33. The van der Waals surface area contributed by atoms with Crippen LogP contribution in [0.2, 0.25) is 0 Å². The Hall–Kier alpha value is -1.60. The van der Waals surface area contributed by atoms with E-state index in [1.807, 2.05) is 0 Å². The van der Waals surface area contributed by atoms with Crippen LogP contribution in [0.4, 0.5) is 4.39 Å². The van der Waals surface area contributed by atoms with Gasteiger partial charge in [0.25, 0.3) is 0 Å². The number of halogens is 1. The normalized spacial score (nSPS) is 23.0. The quantitative estimate of drug-likeness (QED) is 0.888. The van der Waals surface area contributed by atoms with E-state index >= 15 is 0 Å². The summed E-state index contributed by atoms with van der Waals surface area (Å²) in [6, 6.07) is 5.62. The topological polar surface area (TPSA) is 52.7 Å². The first kappa shape index (κ1) is 18.2. The van der Waals surface area contributed by atoms with Gasteiger partial charge in [0.2, 0.25) is 11.8 Å². The number of hydrogen-bond acceptors (Lipinski definition) is 4. The molecule has 1 aromatic rings. The van der Waals surface area contributed by atoms with Crippen molar-refractivity contribution in [2.75, 3.05) is 25.9 Å². The first-order valence-corrected chi connectivity index (χ1v) is 9.54. The molecule has 0 saturated carbocycles. The van der Waals surface area contributed by atoms with E-state index in [-0.39, 0.29) is 22.5 Å². The molecule has 2 amide bonds. The molecular weight excluding hydrogens is 341 g/mol. The molecule has 0 aliphatic carbocycles. The van der Waals surface area contributed by atoms with Crippen molar-refractivity contribution in [3.05, 3.63) is 35.6 Å². The van der Waals surface area contributed by atoms with Crippen molar-refractivity contribution >= 4 is 23.6 Å². The third-order valence-corrected chi connectivity index (χ3v) is 6.68. The molecule has 25 heavy (non-hydrogen) atoms. The zero-order valence-corrected chi connectivity index (χ0v) is 15.4. The van der Waals surface area contributed by atoms with Crippen molar-refractivity contribution in [2.45, 2.75) is 37.2 Å². The van der Waals surface area contributed by atoms with Crippen molar-refractivity contribution in [1.82, 2.24) is 15.1 Å². The SMILES string of the molecule is CC(=O)N1C(C(=O)NCc2ccc(F)cc2)CSC12CCN(C)CC2. The summed E-state index contributed by atoms with van der Waals surface area (Å²) in [5, 5.41) is 2.90. The molecule has 1 spiro atoms.